The van der Waals surface area contributed by atoms with Gasteiger partial charge in [0.25, 0.3) is 5.91 Å². The van der Waals surface area contributed by atoms with Crippen LogP contribution in [0.3, 0.4) is 0 Å². The third kappa shape index (κ3) is 4.27. The Bertz CT molecular complexity index is 670. The Hall–Kier alpha value is -1.51. The number of sulfonamides is 1. The monoisotopic (exact) mass is 344 g/mol. The first-order chi connectivity index (χ1) is 10.8. The first-order valence-electron chi connectivity index (χ1n) is 7.48. The molecule has 2 rings (SSSR count). The average Bonchev–Trinajstić information content (AvgIpc) is 2.53. The molecule has 1 aliphatic heterocycles. The number of halogens is 1. The van der Waals surface area contributed by atoms with E-state index in [1.165, 1.54) is 10.4 Å². The van der Waals surface area contributed by atoms with Crippen LogP contribution >= 0.6 is 0 Å². The molecular weight excluding hydrogens is 323 g/mol. The molecule has 1 amide bonds. The summed E-state index contributed by atoms with van der Waals surface area (Å²) >= 11 is 0. The lowest BCUT2D eigenvalue weighted by Gasteiger charge is -2.26. The number of hydrogen-bond donors (Lipinski definition) is 1. The maximum atomic E-state index is 13.9. The Morgan fingerprint density at radius 2 is 2.00 bits per heavy atom. The summed E-state index contributed by atoms with van der Waals surface area (Å²) in [6.07, 6.45) is 0. The largest absolute Gasteiger partial charge is 0.379 e. The molecule has 0 bridgehead atoms. The van der Waals surface area contributed by atoms with Gasteiger partial charge in [-0.3, -0.25) is 4.79 Å². The fraction of sp³-hybridized carbons (Fsp3) is 0.533. The molecule has 23 heavy (non-hydrogen) atoms. The van der Waals surface area contributed by atoms with Crippen molar-refractivity contribution in [3.63, 3.8) is 0 Å². The van der Waals surface area contributed by atoms with Crippen LogP contribution < -0.4 is 5.32 Å². The maximum Gasteiger partial charge on any atom is 0.254 e. The standard InChI is InChI=1S/C15H21FN2O4S/c1-11(2)10-17-15(19)13-9-12(3-4-14(13)16)23(20,21)18-5-7-22-8-6-18/h3-4,9,11H,5-8,10H2,1-2H3,(H,17,19). The number of morpholine rings is 1. The number of hydrogen-bond acceptors (Lipinski definition) is 4. The highest BCUT2D eigenvalue weighted by Gasteiger charge is 2.27. The highest BCUT2D eigenvalue weighted by molar-refractivity contribution is 7.89. The molecule has 0 unspecified atom stereocenters. The molecule has 0 saturated carbocycles. The Balaban J connectivity index is 2.27. The summed E-state index contributed by atoms with van der Waals surface area (Å²) in [6.45, 7) is 5.35. The molecule has 6 nitrogen and oxygen atoms in total. The lowest BCUT2D eigenvalue weighted by atomic mass is 10.2. The van der Waals surface area contributed by atoms with Crippen LogP contribution in [0.5, 0.6) is 0 Å². The zero-order chi connectivity index (χ0) is 17.0. The van der Waals surface area contributed by atoms with Gasteiger partial charge in [0, 0.05) is 19.6 Å². The average molecular weight is 344 g/mol. The fourth-order valence-electron chi connectivity index (χ4n) is 2.17. The normalized spacial score (nSPS) is 16.5. The van der Waals surface area contributed by atoms with E-state index in [0.717, 1.165) is 12.1 Å². The number of benzene rings is 1. The molecule has 1 aliphatic rings. The molecule has 1 N–H and O–H groups in total. The minimum atomic E-state index is -3.76. The first kappa shape index (κ1) is 17.8. The van der Waals surface area contributed by atoms with Crippen molar-refractivity contribution in [1.29, 1.82) is 0 Å². The quantitative estimate of drug-likeness (QED) is 0.872. The molecule has 8 heteroatoms. The summed E-state index contributed by atoms with van der Waals surface area (Å²) in [7, 11) is -3.76. The van der Waals surface area contributed by atoms with Crippen molar-refractivity contribution in [3.8, 4) is 0 Å². The van der Waals surface area contributed by atoms with Gasteiger partial charge in [0.05, 0.1) is 23.7 Å². The zero-order valence-corrected chi connectivity index (χ0v) is 14.0. The molecule has 0 aliphatic carbocycles. The van der Waals surface area contributed by atoms with Gasteiger partial charge in [-0.15, -0.1) is 0 Å². The Morgan fingerprint density at radius 1 is 1.35 bits per heavy atom. The van der Waals surface area contributed by atoms with Crippen molar-refractivity contribution in [1.82, 2.24) is 9.62 Å². The first-order valence-corrected chi connectivity index (χ1v) is 8.92. The maximum absolute atomic E-state index is 13.9. The van der Waals surface area contributed by atoms with Gasteiger partial charge in [-0.25, -0.2) is 12.8 Å². The molecule has 1 fully saturated rings. The van der Waals surface area contributed by atoms with Crippen molar-refractivity contribution >= 4 is 15.9 Å². The Labute approximate surface area is 135 Å². The molecule has 0 radical (unpaired) electrons. The van der Waals surface area contributed by atoms with E-state index in [0.29, 0.717) is 19.8 Å². The summed E-state index contributed by atoms with van der Waals surface area (Å²) in [5.74, 6) is -1.15. The molecular formula is C15H21FN2O4S. The Kier molecular flexibility index (Phi) is 5.72. The van der Waals surface area contributed by atoms with Crippen molar-refractivity contribution in [2.45, 2.75) is 18.7 Å². The number of nitrogens with one attached hydrogen (secondary N) is 1. The summed E-state index contributed by atoms with van der Waals surface area (Å²) in [6, 6.07) is 3.28. The molecule has 128 valence electrons. The van der Waals surface area contributed by atoms with E-state index in [4.69, 9.17) is 4.74 Å². The second kappa shape index (κ2) is 7.37. The van der Waals surface area contributed by atoms with Crippen LogP contribution in [0.2, 0.25) is 0 Å². The number of nitrogens with zero attached hydrogens (tertiary/aromatic N) is 1. The summed E-state index contributed by atoms with van der Waals surface area (Å²) in [4.78, 5) is 12.0. The van der Waals surface area contributed by atoms with Gasteiger partial charge in [0.15, 0.2) is 0 Å². The molecule has 1 saturated heterocycles. The highest BCUT2D eigenvalue weighted by Crippen LogP contribution is 2.20. The summed E-state index contributed by atoms with van der Waals surface area (Å²) in [5.41, 5.74) is -0.264. The van der Waals surface area contributed by atoms with E-state index < -0.39 is 21.7 Å². The van der Waals surface area contributed by atoms with Crippen LogP contribution in [-0.2, 0) is 14.8 Å². The van der Waals surface area contributed by atoms with Gasteiger partial charge in [-0.05, 0) is 24.1 Å². The van der Waals surface area contributed by atoms with Crippen molar-refractivity contribution in [2.24, 2.45) is 5.92 Å². The van der Waals surface area contributed by atoms with Crippen LogP contribution in [0, 0.1) is 11.7 Å². The highest BCUT2D eigenvalue weighted by atomic mass is 32.2. The smallest absolute Gasteiger partial charge is 0.254 e. The van der Waals surface area contributed by atoms with Crippen molar-refractivity contribution in [2.75, 3.05) is 32.8 Å². The van der Waals surface area contributed by atoms with E-state index in [1.54, 1.807) is 0 Å². The van der Waals surface area contributed by atoms with Gasteiger partial charge in [-0.2, -0.15) is 4.31 Å². The van der Waals surface area contributed by atoms with Gasteiger partial charge in [-0.1, -0.05) is 13.8 Å². The second-order valence-electron chi connectivity index (χ2n) is 5.76. The van der Waals surface area contributed by atoms with Gasteiger partial charge in [0.1, 0.15) is 5.82 Å². The number of ether oxygens (including phenoxy) is 1. The fourth-order valence-corrected chi connectivity index (χ4v) is 3.60. The minimum Gasteiger partial charge on any atom is -0.379 e. The lowest BCUT2D eigenvalue weighted by Crippen LogP contribution is -2.40. The van der Waals surface area contributed by atoms with Crippen LogP contribution in [-0.4, -0.2) is 51.5 Å². The molecule has 0 atom stereocenters. The van der Waals surface area contributed by atoms with Gasteiger partial charge < -0.3 is 10.1 Å². The molecule has 1 aromatic rings. The number of carbonyl (C=O) groups is 1. The molecule has 0 aromatic heterocycles. The second-order valence-corrected chi connectivity index (χ2v) is 7.70. The van der Waals surface area contributed by atoms with E-state index in [2.05, 4.69) is 5.32 Å². The van der Waals surface area contributed by atoms with Gasteiger partial charge in [0.2, 0.25) is 10.0 Å². The van der Waals surface area contributed by atoms with Crippen LogP contribution in [0.15, 0.2) is 23.1 Å². The van der Waals surface area contributed by atoms with Crippen LogP contribution in [0.25, 0.3) is 0 Å². The molecule has 1 aromatic carbocycles. The van der Waals surface area contributed by atoms with Crippen LogP contribution in [0.4, 0.5) is 4.39 Å². The third-order valence-electron chi connectivity index (χ3n) is 3.46. The summed E-state index contributed by atoms with van der Waals surface area (Å²) < 4.78 is 45.4. The SMILES string of the molecule is CC(C)CNC(=O)c1cc(S(=O)(=O)N2CCOCC2)ccc1F. The van der Waals surface area contributed by atoms with E-state index in [-0.39, 0.29) is 29.5 Å². The zero-order valence-electron chi connectivity index (χ0n) is 13.2. The van der Waals surface area contributed by atoms with Crippen LogP contribution in [0.1, 0.15) is 24.2 Å². The lowest BCUT2D eigenvalue weighted by molar-refractivity contribution is 0.0730. The third-order valence-corrected chi connectivity index (χ3v) is 5.36. The van der Waals surface area contributed by atoms with E-state index in [9.17, 15) is 17.6 Å². The number of amides is 1. The predicted octanol–water partition coefficient (Wildman–Crippen LogP) is 1.23. The Morgan fingerprint density at radius 3 is 2.61 bits per heavy atom. The van der Waals surface area contributed by atoms with E-state index in [1.807, 2.05) is 13.8 Å². The minimum absolute atomic E-state index is 0.0875. The molecule has 0 spiro atoms. The number of rotatable bonds is 5. The van der Waals surface area contributed by atoms with Crippen molar-refractivity contribution < 1.29 is 22.3 Å². The predicted molar refractivity (Wildman–Crippen MR) is 83.1 cm³/mol. The van der Waals surface area contributed by atoms with Crippen molar-refractivity contribution in [3.05, 3.63) is 29.6 Å². The van der Waals surface area contributed by atoms with Gasteiger partial charge >= 0.3 is 0 Å². The topological polar surface area (TPSA) is 75.7 Å². The number of carbonyl (C=O) groups excluding carboxylic acids is 1. The van der Waals surface area contributed by atoms with E-state index >= 15 is 0 Å². The molecule has 1 heterocycles. The summed E-state index contributed by atoms with van der Waals surface area (Å²) in [5, 5.41) is 2.59.